The third-order valence-corrected chi connectivity index (χ3v) is 2.60. The van der Waals surface area contributed by atoms with E-state index in [9.17, 15) is 4.79 Å². The van der Waals surface area contributed by atoms with Crippen LogP contribution in [-0.2, 0) is 0 Å². The predicted molar refractivity (Wildman–Crippen MR) is 63.3 cm³/mol. The van der Waals surface area contributed by atoms with Crippen LogP contribution in [0.3, 0.4) is 0 Å². The van der Waals surface area contributed by atoms with E-state index in [1.165, 1.54) is 0 Å². The van der Waals surface area contributed by atoms with E-state index in [1.807, 2.05) is 6.92 Å². The normalized spacial score (nSPS) is 10.4. The molecule has 0 aliphatic rings. The molecule has 2 N–H and O–H groups in total. The van der Waals surface area contributed by atoms with Gasteiger partial charge in [-0.15, -0.1) is 0 Å². The van der Waals surface area contributed by atoms with E-state index in [0.717, 1.165) is 37.9 Å². The van der Waals surface area contributed by atoms with Gasteiger partial charge in [0.05, 0.1) is 6.26 Å². The molecule has 0 aromatic carbocycles. The van der Waals surface area contributed by atoms with Crippen molar-refractivity contribution in [1.29, 1.82) is 0 Å². The van der Waals surface area contributed by atoms with E-state index in [0.29, 0.717) is 5.76 Å². The molecule has 90 valence electrons. The van der Waals surface area contributed by atoms with Crippen LogP contribution in [-0.4, -0.2) is 30.9 Å². The van der Waals surface area contributed by atoms with Crippen LogP contribution in [0.5, 0.6) is 0 Å². The van der Waals surface area contributed by atoms with Gasteiger partial charge in [-0.25, -0.2) is 0 Å². The van der Waals surface area contributed by atoms with Gasteiger partial charge in [-0.3, -0.25) is 4.79 Å². The average molecular weight is 224 g/mol. The molecule has 4 nitrogen and oxygen atoms in total. The number of unbranched alkanes of at least 4 members (excludes halogenated alkanes) is 2. The fraction of sp³-hybridized carbons (Fsp3) is 0.583. The monoisotopic (exact) mass is 224 g/mol. The molecular formula is C12H20N2O2. The summed E-state index contributed by atoms with van der Waals surface area (Å²) in [5, 5.41) is 0. The molecule has 0 aliphatic carbocycles. The largest absolute Gasteiger partial charge is 0.459 e. The topological polar surface area (TPSA) is 59.5 Å². The summed E-state index contributed by atoms with van der Waals surface area (Å²) in [6.45, 7) is 3.34. The van der Waals surface area contributed by atoms with Gasteiger partial charge in [0.15, 0.2) is 5.76 Å². The second kappa shape index (κ2) is 6.33. The van der Waals surface area contributed by atoms with Crippen LogP contribution < -0.4 is 5.73 Å². The van der Waals surface area contributed by atoms with Crippen LogP contribution in [0.15, 0.2) is 16.7 Å². The Kier molecular flexibility index (Phi) is 5.05. The molecule has 0 spiro atoms. The number of aryl methyl sites for hydroxylation is 1. The number of carbonyl (C=O) groups excluding carboxylic acids is 1. The lowest BCUT2D eigenvalue weighted by Gasteiger charge is -2.15. The zero-order chi connectivity index (χ0) is 12.0. The Morgan fingerprint density at radius 2 is 2.19 bits per heavy atom. The van der Waals surface area contributed by atoms with Crippen LogP contribution in [0.2, 0.25) is 0 Å². The molecule has 1 aromatic rings. The summed E-state index contributed by atoms with van der Waals surface area (Å²) in [5.41, 5.74) is 6.29. The molecule has 4 heteroatoms. The maximum atomic E-state index is 11.9. The highest BCUT2D eigenvalue weighted by Gasteiger charge is 2.16. The molecule has 1 aromatic heterocycles. The number of amides is 1. The summed E-state index contributed by atoms with van der Waals surface area (Å²) in [6.07, 6.45) is 4.61. The van der Waals surface area contributed by atoms with E-state index in [2.05, 4.69) is 0 Å². The molecule has 0 fully saturated rings. The molecule has 0 saturated carbocycles. The van der Waals surface area contributed by atoms with Crippen molar-refractivity contribution in [2.24, 2.45) is 5.73 Å². The minimum absolute atomic E-state index is 0.0461. The third-order valence-electron chi connectivity index (χ3n) is 2.60. The van der Waals surface area contributed by atoms with Gasteiger partial charge >= 0.3 is 0 Å². The molecule has 0 atom stereocenters. The van der Waals surface area contributed by atoms with Crippen molar-refractivity contribution >= 4 is 5.91 Å². The Hall–Kier alpha value is -1.29. The Morgan fingerprint density at radius 3 is 2.75 bits per heavy atom. The summed E-state index contributed by atoms with van der Waals surface area (Å²) in [5.74, 6) is 0.400. The summed E-state index contributed by atoms with van der Waals surface area (Å²) >= 11 is 0. The lowest BCUT2D eigenvalue weighted by Crippen LogP contribution is -2.27. The first-order valence-corrected chi connectivity index (χ1v) is 5.66. The minimum Gasteiger partial charge on any atom is -0.459 e. The van der Waals surface area contributed by atoms with Crippen LogP contribution in [0.25, 0.3) is 0 Å². The average Bonchev–Trinajstić information content (AvgIpc) is 2.69. The van der Waals surface area contributed by atoms with Crippen LogP contribution >= 0.6 is 0 Å². The van der Waals surface area contributed by atoms with Gasteiger partial charge in [-0.1, -0.05) is 6.42 Å². The number of furan rings is 1. The maximum Gasteiger partial charge on any atom is 0.289 e. The lowest BCUT2D eigenvalue weighted by molar-refractivity contribution is 0.0760. The van der Waals surface area contributed by atoms with E-state index < -0.39 is 0 Å². The molecule has 0 unspecified atom stereocenters. The molecule has 0 radical (unpaired) electrons. The maximum absolute atomic E-state index is 11.9. The second-order valence-corrected chi connectivity index (χ2v) is 4.01. The van der Waals surface area contributed by atoms with Gasteiger partial charge < -0.3 is 15.1 Å². The smallest absolute Gasteiger partial charge is 0.289 e. The highest BCUT2D eigenvalue weighted by atomic mass is 16.3. The van der Waals surface area contributed by atoms with Crippen molar-refractivity contribution < 1.29 is 9.21 Å². The summed E-state index contributed by atoms with van der Waals surface area (Å²) in [7, 11) is 1.80. The highest BCUT2D eigenvalue weighted by molar-refractivity contribution is 5.92. The first kappa shape index (κ1) is 12.8. The van der Waals surface area contributed by atoms with Gasteiger partial charge in [0.1, 0.15) is 0 Å². The minimum atomic E-state index is -0.0461. The summed E-state index contributed by atoms with van der Waals surface area (Å²) < 4.78 is 5.16. The molecule has 0 saturated heterocycles. The molecule has 1 amide bonds. The predicted octanol–water partition coefficient (Wildman–Crippen LogP) is 1.79. The second-order valence-electron chi connectivity index (χ2n) is 4.01. The number of nitrogens with zero attached hydrogens (tertiary/aromatic N) is 1. The van der Waals surface area contributed by atoms with Crippen molar-refractivity contribution in [2.75, 3.05) is 20.1 Å². The van der Waals surface area contributed by atoms with E-state index >= 15 is 0 Å². The van der Waals surface area contributed by atoms with Crippen molar-refractivity contribution in [3.63, 3.8) is 0 Å². The van der Waals surface area contributed by atoms with Crippen molar-refractivity contribution in [3.05, 3.63) is 23.7 Å². The molecule has 0 bridgehead atoms. The Bertz CT molecular complexity index is 334. The Morgan fingerprint density at radius 1 is 1.44 bits per heavy atom. The SMILES string of the molecule is Cc1ccoc1C(=O)N(C)CCCCCN. The quantitative estimate of drug-likeness (QED) is 0.749. The number of hydrogen-bond donors (Lipinski definition) is 1. The molecule has 1 rings (SSSR count). The Balaban J connectivity index is 2.40. The van der Waals surface area contributed by atoms with E-state index in [-0.39, 0.29) is 5.91 Å². The lowest BCUT2D eigenvalue weighted by atomic mass is 10.2. The standard InChI is InChI=1S/C12H20N2O2/c1-10-6-9-16-11(10)12(15)14(2)8-5-3-4-7-13/h6,9H,3-5,7-8,13H2,1-2H3. The fourth-order valence-corrected chi connectivity index (χ4v) is 1.54. The first-order valence-electron chi connectivity index (χ1n) is 5.66. The van der Waals surface area contributed by atoms with Crippen molar-refractivity contribution in [3.8, 4) is 0 Å². The van der Waals surface area contributed by atoms with Crippen molar-refractivity contribution in [2.45, 2.75) is 26.2 Å². The molecule has 0 aliphatic heterocycles. The van der Waals surface area contributed by atoms with Gasteiger partial charge in [-0.05, 0) is 32.4 Å². The number of nitrogens with two attached hydrogens (primary N) is 1. The fourth-order valence-electron chi connectivity index (χ4n) is 1.54. The van der Waals surface area contributed by atoms with Crippen LogP contribution in [0, 0.1) is 6.92 Å². The molecule has 1 heterocycles. The zero-order valence-corrected chi connectivity index (χ0v) is 10.0. The highest BCUT2D eigenvalue weighted by Crippen LogP contribution is 2.11. The van der Waals surface area contributed by atoms with Gasteiger partial charge in [0.2, 0.25) is 0 Å². The first-order chi connectivity index (χ1) is 7.66. The molecule has 16 heavy (non-hydrogen) atoms. The third kappa shape index (κ3) is 3.38. The van der Waals surface area contributed by atoms with Gasteiger partial charge in [0, 0.05) is 19.2 Å². The van der Waals surface area contributed by atoms with E-state index in [1.54, 1.807) is 24.3 Å². The van der Waals surface area contributed by atoms with Crippen molar-refractivity contribution in [1.82, 2.24) is 4.90 Å². The van der Waals surface area contributed by atoms with Gasteiger partial charge in [-0.2, -0.15) is 0 Å². The number of hydrogen-bond acceptors (Lipinski definition) is 3. The zero-order valence-electron chi connectivity index (χ0n) is 10.0. The number of rotatable bonds is 6. The van der Waals surface area contributed by atoms with Crippen LogP contribution in [0.1, 0.15) is 35.4 Å². The summed E-state index contributed by atoms with van der Waals surface area (Å²) in [6, 6.07) is 1.80. The Labute approximate surface area is 96.4 Å². The molecular weight excluding hydrogens is 204 g/mol. The van der Waals surface area contributed by atoms with Crippen LogP contribution in [0.4, 0.5) is 0 Å². The van der Waals surface area contributed by atoms with Gasteiger partial charge in [0.25, 0.3) is 5.91 Å². The number of carbonyl (C=O) groups is 1. The summed E-state index contributed by atoms with van der Waals surface area (Å²) in [4.78, 5) is 13.6. The van der Waals surface area contributed by atoms with E-state index in [4.69, 9.17) is 10.2 Å².